The molecule has 0 unspecified atom stereocenters. The Morgan fingerprint density at radius 1 is 1.00 bits per heavy atom. The molecule has 25 heavy (non-hydrogen) atoms. The highest BCUT2D eigenvalue weighted by atomic mass is 16.2. The number of nitrogens with one attached hydrogen (secondary N) is 1. The molecule has 0 radical (unpaired) electrons. The molecule has 5 nitrogen and oxygen atoms in total. The van der Waals surface area contributed by atoms with Crippen LogP contribution in [0.25, 0.3) is 5.70 Å². The number of carbonyl (C=O) groups is 2. The summed E-state index contributed by atoms with van der Waals surface area (Å²) in [6.07, 6.45) is 1.17. The molecule has 4 rings (SSSR count). The van der Waals surface area contributed by atoms with Crippen LogP contribution in [0, 0.1) is 0 Å². The summed E-state index contributed by atoms with van der Waals surface area (Å²) in [6, 6.07) is 15.5. The number of hydrogen-bond donors (Lipinski definition) is 1. The Hall–Kier alpha value is -3.21. The van der Waals surface area contributed by atoms with Crippen LogP contribution in [0.1, 0.15) is 29.5 Å². The van der Waals surface area contributed by atoms with Gasteiger partial charge in [-0.1, -0.05) is 43.0 Å². The first-order valence-corrected chi connectivity index (χ1v) is 8.19. The highest BCUT2D eigenvalue weighted by molar-refractivity contribution is 6.19. The summed E-state index contributed by atoms with van der Waals surface area (Å²) in [6.45, 7) is 3.98. The summed E-state index contributed by atoms with van der Waals surface area (Å²) in [5.74, 6) is -0.277. The molecule has 2 aromatic carbocycles. The van der Waals surface area contributed by atoms with Crippen LogP contribution in [0.15, 0.2) is 60.2 Å². The molecule has 5 heteroatoms. The monoisotopic (exact) mass is 331 g/mol. The molecular weight excluding hydrogens is 314 g/mol. The number of amides is 2. The molecule has 0 atom stereocenters. The van der Waals surface area contributed by atoms with Gasteiger partial charge in [0.15, 0.2) is 0 Å². The summed E-state index contributed by atoms with van der Waals surface area (Å²) < 4.78 is 0. The third-order valence-electron chi connectivity index (χ3n) is 4.48. The van der Waals surface area contributed by atoms with E-state index in [0.29, 0.717) is 12.1 Å². The van der Waals surface area contributed by atoms with Crippen molar-refractivity contribution in [1.29, 1.82) is 0 Å². The topological polar surface area (TPSA) is 61.8 Å². The molecule has 2 heterocycles. The minimum absolute atomic E-state index is 0.138. The van der Waals surface area contributed by atoms with Gasteiger partial charge in [0, 0.05) is 30.4 Å². The molecule has 1 fully saturated rings. The average Bonchev–Trinajstić information content (AvgIpc) is 2.96. The number of rotatable bonds is 3. The third-order valence-corrected chi connectivity index (χ3v) is 4.48. The van der Waals surface area contributed by atoms with Crippen LogP contribution < -0.4 is 10.3 Å². The zero-order chi connectivity index (χ0) is 17.4. The van der Waals surface area contributed by atoms with E-state index >= 15 is 0 Å². The van der Waals surface area contributed by atoms with E-state index in [0.717, 1.165) is 28.1 Å². The lowest BCUT2D eigenvalue weighted by molar-refractivity contribution is -0.121. The van der Waals surface area contributed by atoms with Crippen molar-refractivity contribution < 1.29 is 9.59 Å². The van der Waals surface area contributed by atoms with Gasteiger partial charge in [0.2, 0.25) is 11.8 Å². The van der Waals surface area contributed by atoms with Crippen molar-refractivity contribution in [3.8, 4) is 0 Å². The first kappa shape index (κ1) is 15.3. The van der Waals surface area contributed by atoms with Gasteiger partial charge < -0.3 is 0 Å². The van der Waals surface area contributed by atoms with Crippen LogP contribution in [-0.4, -0.2) is 17.5 Å². The first-order chi connectivity index (χ1) is 12.1. The van der Waals surface area contributed by atoms with Crippen LogP contribution >= 0.6 is 0 Å². The second-order valence-corrected chi connectivity index (χ2v) is 6.16. The number of anilines is 1. The van der Waals surface area contributed by atoms with Crippen molar-refractivity contribution in [2.45, 2.75) is 19.3 Å². The van der Waals surface area contributed by atoms with Gasteiger partial charge in [0.1, 0.15) is 0 Å². The fraction of sp³-hybridized carbons (Fsp3) is 0.150. The van der Waals surface area contributed by atoms with Gasteiger partial charge in [-0.2, -0.15) is 5.10 Å². The normalized spacial score (nSPS) is 16.6. The van der Waals surface area contributed by atoms with Crippen LogP contribution in [0.4, 0.5) is 5.69 Å². The summed E-state index contributed by atoms with van der Waals surface area (Å²) in [5.41, 5.74) is 8.36. The van der Waals surface area contributed by atoms with Crippen molar-refractivity contribution in [3.63, 3.8) is 0 Å². The second-order valence-electron chi connectivity index (χ2n) is 6.16. The molecule has 0 aromatic heterocycles. The van der Waals surface area contributed by atoms with E-state index in [1.165, 1.54) is 4.90 Å². The van der Waals surface area contributed by atoms with E-state index < -0.39 is 0 Å². The molecule has 0 spiro atoms. The molecule has 1 N–H and O–H groups in total. The Balaban J connectivity index is 1.64. The minimum atomic E-state index is -0.138. The lowest BCUT2D eigenvalue weighted by atomic mass is 9.95. The van der Waals surface area contributed by atoms with Crippen LogP contribution in [0.2, 0.25) is 0 Å². The molecule has 0 bridgehead atoms. The molecule has 2 aliphatic heterocycles. The largest absolute Gasteiger partial charge is 0.278 e. The SMILES string of the molecule is C=C1NN=C(Cc2cccc(N3C(=O)CCC3=O)c2)c2ccccc21. The van der Waals surface area contributed by atoms with Crippen LogP contribution in [0.5, 0.6) is 0 Å². The second kappa shape index (κ2) is 6.02. The van der Waals surface area contributed by atoms with E-state index in [1.807, 2.05) is 42.5 Å². The predicted molar refractivity (Wildman–Crippen MR) is 97.0 cm³/mol. The van der Waals surface area contributed by atoms with Gasteiger partial charge in [0.05, 0.1) is 17.1 Å². The first-order valence-electron chi connectivity index (χ1n) is 8.19. The molecule has 1 saturated heterocycles. The molecule has 0 aliphatic carbocycles. The van der Waals surface area contributed by atoms with Crippen LogP contribution in [0.3, 0.4) is 0 Å². The lowest BCUT2D eigenvalue weighted by Gasteiger charge is -2.20. The van der Waals surface area contributed by atoms with Gasteiger partial charge in [0.25, 0.3) is 0 Å². The van der Waals surface area contributed by atoms with Gasteiger partial charge in [-0.15, -0.1) is 0 Å². The zero-order valence-electron chi connectivity index (χ0n) is 13.7. The Bertz CT molecular complexity index is 914. The number of nitrogens with zero attached hydrogens (tertiary/aromatic N) is 2. The van der Waals surface area contributed by atoms with Crippen LogP contribution in [-0.2, 0) is 16.0 Å². The fourth-order valence-corrected chi connectivity index (χ4v) is 3.25. The summed E-state index contributed by atoms with van der Waals surface area (Å²) >= 11 is 0. The Morgan fingerprint density at radius 3 is 2.48 bits per heavy atom. The Morgan fingerprint density at radius 2 is 1.72 bits per heavy atom. The highest BCUT2D eigenvalue weighted by Gasteiger charge is 2.30. The van der Waals surface area contributed by atoms with Gasteiger partial charge in [-0.25, -0.2) is 0 Å². The van der Waals surface area contributed by atoms with Crippen molar-refractivity contribution in [2.24, 2.45) is 5.10 Å². The summed E-state index contributed by atoms with van der Waals surface area (Å²) in [5, 5.41) is 4.42. The van der Waals surface area contributed by atoms with Crippen molar-refractivity contribution in [1.82, 2.24) is 5.43 Å². The molecular formula is C20H17N3O2. The Kier molecular flexibility index (Phi) is 3.69. The molecule has 2 aromatic rings. The fourth-order valence-electron chi connectivity index (χ4n) is 3.25. The maximum Gasteiger partial charge on any atom is 0.234 e. The van der Waals surface area contributed by atoms with Gasteiger partial charge in [-0.3, -0.25) is 19.9 Å². The van der Waals surface area contributed by atoms with Crippen molar-refractivity contribution in [3.05, 3.63) is 71.8 Å². The maximum absolute atomic E-state index is 11.9. The third kappa shape index (κ3) is 2.74. The van der Waals surface area contributed by atoms with Gasteiger partial charge >= 0.3 is 0 Å². The number of carbonyl (C=O) groups excluding carboxylic acids is 2. The number of benzene rings is 2. The van der Waals surface area contributed by atoms with E-state index in [-0.39, 0.29) is 24.7 Å². The molecule has 2 aliphatic rings. The van der Waals surface area contributed by atoms with Gasteiger partial charge in [-0.05, 0) is 17.7 Å². The molecule has 0 saturated carbocycles. The smallest absolute Gasteiger partial charge is 0.234 e. The van der Waals surface area contributed by atoms with Crippen molar-refractivity contribution in [2.75, 3.05) is 4.90 Å². The average molecular weight is 331 g/mol. The quantitative estimate of drug-likeness (QED) is 0.880. The number of imide groups is 1. The number of hydrogen-bond acceptors (Lipinski definition) is 4. The number of fused-ring (bicyclic) bond motifs is 1. The van der Waals surface area contributed by atoms with Crippen molar-refractivity contribution >= 4 is 28.9 Å². The number of hydrazone groups is 1. The Labute approximate surface area is 145 Å². The minimum Gasteiger partial charge on any atom is -0.278 e. The predicted octanol–water partition coefficient (Wildman–Crippen LogP) is 2.86. The highest BCUT2D eigenvalue weighted by Crippen LogP contribution is 2.26. The van der Waals surface area contributed by atoms with E-state index in [1.54, 1.807) is 6.07 Å². The zero-order valence-corrected chi connectivity index (χ0v) is 13.7. The summed E-state index contributed by atoms with van der Waals surface area (Å²) in [7, 11) is 0. The van der Waals surface area contributed by atoms with E-state index in [9.17, 15) is 9.59 Å². The summed E-state index contributed by atoms with van der Waals surface area (Å²) in [4.78, 5) is 25.2. The lowest BCUT2D eigenvalue weighted by Crippen LogP contribution is -2.28. The standard InChI is InChI=1S/C20H17N3O2/c1-13-16-7-2-3-8-17(16)18(22-21-13)12-14-5-4-6-15(11-14)23-19(24)9-10-20(23)25/h2-8,11,21H,1,9-10,12H2. The molecule has 2 amide bonds. The van der Waals surface area contributed by atoms with E-state index in [2.05, 4.69) is 17.1 Å². The maximum atomic E-state index is 11.9. The molecule has 124 valence electrons. The van der Waals surface area contributed by atoms with E-state index in [4.69, 9.17) is 0 Å².